The van der Waals surface area contributed by atoms with Gasteiger partial charge in [0.15, 0.2) is 5.58 Å². The first kappa shape index (κ1) is 15.7. The molecule has 0 saturated heterocycles. The van der Waals surface area contributed by atoms with E-state index in [9.17, 15) is 13.2 Å². The molecule has 0 spiro atoms. The number of hydrogen-bond donors (Lipinski definition) is 2. The molecule has 126 valence electrons. The molecule has 8 heteroatoms. The van der Waals surface area contributed by atoms with Crippen LogP contribution in [0.2, 0.25) is 5.02 Å². The van der Waals surface area contributed by atoms with E-state index < -0.39 is 15.8 Å². The van der Waals surface area contributed by atoms with E-state index in [4.69, 9.17) is 16.0 Å². The smallest absolute Gasteiger partial charge is 0.408 e. The second-order valence-electron chi connectivity index (χ2n) is 5.43. The molecule has 1 aromatic heterocycles. The van der Waals surface area contributed by atoms with Crippen LogP contribution in [0.4, 0.5) is 5.69 Å². The molecule has 0 amide bonds. The third kappa shape index (κ3) is 2.77. The third-order valence-electron chi connectivity index (χ3n) is 3.80. The third-order valence-corrected chi connectivity index (χ3v) is 5.63. The molecule has 6 nitrogen and oxygen atoms in total. The van der Waals surface area contributed by atoms with E-state index in [0.717, 1.165) is 10.8 Å². The monoisotopic (exact) mass is 374 g/mol. The van der Waals surface area contributed by atoms with Gasteiger partial charge in [-0.2, -0.15) is 0 Å². The maximum absolute atomic E-state index is 12.8. The van der Waals surface area contributed by atoms with Gasteiger partial charge >= 0.3 is 5.76 Å². The van der Waals surface area contributed by atoms with Gasteiger partial charge in [0.25, 0.3) is 10.0 Å². The number of rotatable bonds is 3. The fourth-order valence-corrected chi connectivity index (χ4v) is 4.30. The first-order valence-electron chi connectivity index (χ1n) is 7.27. The number of benzene rings is 3. The maximum Gasteiger partial charge on any atom is 0.417 e. The Bertz CT molecular complexity index is 1270. The predicted molar refractivity (Wildman–Crippen MR) is 96.6 cm³/mol. The number of aromatic amines is 1. The number of aromatic nitrogens is 1. The zero-order chi connectivity index (χ0) is 17.6. The topological polar surface area (TPSA) is 92.2 Å². The summed E-state index contributed by atoms with van der Waals surface area (Å²) in [5.41, 5.74) is 0.886. The maximum atomic E-state index is 12.8. The minimum Gasteiger partial charge on any atom is -0.408 e. The molecule has 0 saturated carbocycles. The van der Waals surface area contributed by atoms with Gasteiger partial charge in [0, 0.05) is 11.5 Å². The van der Waals surface area contributed by atoms with Gasteiger partial charge in [0.1, 0.15) is 4.90 Å². The lowest BCUT2D eigenvalue weighted by atomic mass is 10.1. The minimum atomic E-state index is -3.98. The standard InChI is InChI=1S/C17H11ClN2O4S/c18-12-8-14-15(24-17(21)19-14)9-16(12)25(22,23)20-13-7-3-5-10-4-1-2-6-11(10)13/h1-9,20H,(H,19,21). The molecular weight excluding hydrogens is 364 g/mol. The van der Waals surface area contributed by atoms with Crippen molar-refractivity contribution in [2.75, 3.05) is 4.72 Å². The zero-order valence-electron chi connectivity index (χ0n) is 12.6. The largest absolute Gasteiger partial charge is 0.417 e. The van der Waals surface area contributed by atoms with Crippen LogP contribution in [0.5, 0.6) is 0 Å². The normalized spacial score (nSPS) is 11.9. The molecule has 2 N–H and O–H groups in total. The summed E-state index contributed by atoms with van der Waals surface area (Å²) in [6, 6.07) is 15.3. The Labute approximate surface area is 147 Å². The Morgan fingerprint density at radius 2 is 1.80 bits per heavy atom. The summed E-state index contributed by atoms with van der Waals surface area (Å²) >= 11 is 6.10. The van der Waals surface area contributed by atoms with Gasteiger partial charge < -0.3 is 4.42 Å². The summed E-state index contributed by atoms with van der Waals surface area (Å²) < 4.78 is 33.0. The van der Waals surface area contributed by atoms with Crippen molar-refractivity contribution in [3.05, 3.63) is 70.2 Å². The van der Waals surface area contributed by atoms with Crippen LogP contribution in [0, 0.1) is 0 Å². The Morgan fingerprint density at radius 3 is 2.64 bits per heavy atom. The fraction of sp³-hybridized carbons (Fsp3) is 0. The molecule has 0 unspecified atom stereocenters. The van der Waals surface area contributed by atoms with Crippen LogP contribution in [0.25, 0.3) is 21.9 Å². The molecular formula is C17H11ClN2O4S. The van der Waals surface area contributed by atoms with Crippen molar-refractivity contribution in [3.63, 3.8) is 0 Å². The van der Waals surface area contributed by atoms with E-state index in [1.165, 1.54) is 12.1 Å². The molecule has 0 aliphatic carbocycles. The highest BCUT2D eigenvalue weighted by atomic mass is 35.5. The van der Waals surface area contributed by atoms with Crippen molar-refractivity contribution in [2.45, 2.75) is 4.90 Å². The lowest BCUT2D eigenvalue weighted by molar-refractivity contribution is 0.554. The highest BCUT2D eigenvalue weighted by Crippen LogP contribution is 2.30. The Kier molecular flexibility index (Phi) is 3.55. The number of H-pyrrole nitrogens is 1. The lowest BCUT2D eigenvalue weighted by Crippen LogP contribution is -2.13. The lowest BCUT2D eigenvalue weighted by Gasteiger charge is -2.11. The highest BCUT2D eigenvalue weighted by molar-refractivity contribution is 7.92. The van der Waals surface area contributed by atoms with Gasteiger partial charge in [-0.15, -0.1) is 0 Å². The Balaban J connectivity index is 1.84. The van der Waals surface area contributed by atoms with Crippen molar-refractivity contribution >= 4 is 49.2 Å². The molecule has 0 atom stereocenters. The van der Waals surface area contributed by atoms with E-state index >= 15 is 0 Å². The Morgan fingerprint density at radius 1 is 1.04 bits per heavy atom. The summed E-state index contributed by atoms with van der Waals surface area (Å²) in [4.78, 5) is 13.5. The van der Waals surface area contributed by atoms with Gasteiger partial charge in [-0.1, -0.05) is 48.0 Å². The molecule has 4 rings (SSSR count). The highest BCUT2D eigenvalue weighted by Gasteiger charge is 2.21. The van der Waals surface area contributed by atoms with Gasteiger partial charge in [-0.05, 0) is 17.5 Å². The summed E-state index contributed by atoms with van der Waals surface area (Å²) in [5.74, 6) is -0.678. The van der Waals surface area contributed by atoms with Crippen LogP contribution in [0.3, 0.4) is 0 Å². The Hall–Kier alpha value is -2.77. The summed E-state index contributed by atoms with van der Waals surface area (Å²) in [7, 11) is -3.98. The fourth-order valence-electron chi connectivity index (χ4n) is 2.67. The van der Waals surface area contributed by atoms with Crippen LogP contribution >= 0.6 is 11.6 Å². The van der Waals surface area contributed by atoms with Gasteiger partial charge in [0.05, 0.1) is 16.2 Å². The second-order valence-corrected chi connectivity index (χ2v) is 7.48. The van der Waals surface area contributed by atoms with Crippen molar-refractivity contribution in [1.82, 2.24) is 4.98 Å². The quantitative estimate of drug-likeness (QED) is 0.571. The van der Waals surface area contributed by atoms with Crippen LogP contribution in [-0.4, -0.2) is 13.4 Å². The summed E-state index contributed by atoms with van der Waals surface area (Å²) in [6.07, 6.45) is 0. The SMILES string of the molecule is O=c1[nH]c2cc(Cl)c(S(=O)(=O)Nc3cccc4ccccc34)cc2o1. The average molecular weight is 375 g/mol. The van der Waals surface area contributed by atoms with Crippen molar-refractivity contribution < 1.29 is 12.8 Å². The molecule has 1 heterocycles. The van der Waals surface area contributed by atoms with Crippen LogP contribution in [-0.2, 0) is 10.0 Å². The molecule has 0 bridgehead atoms. The average Bonchev–Trinajstić information content (AvgIpc) is 2.93. The van der Waals surface area contributed by atoms with E-state index in [2.05, 4.69) is 9.71 Å². The van der Waals surface area contributed by atoms with Crippen molar-refractivity contribution in [3.8, 4) is 0 Å². The van der Waals surface area contributed by atoms with Gasteiger partial charge in [0.2, 0.25) is 0 Å². The van der Waals surface area contributed by atoms with E-state index in [1.807, 2.05) is 30.3 Å². The number of sulfonamides is 1. The summed E-state index contributed by atoms with van der Waals surface area (Å²) in [5, 5.41) is 1.65. The van der Waals surface area contributed by atoms with E-state index in [-0.39, 0.29) is 15.5 Å². The first-order valence-corrected chi connectivity index (χ1v) is 9.13. The van der Waals surface area contributed by atoms with Gasteiger partial charge in [-0.25, -0.2) is 13.2 Å². The number of fused-ring (bicyclic) bond motifs is 2. The first-order chi connectivity index (χ1) is 11.9. The van der Waals surface area contributed by atoms with Gasteiger partial charge in [-0.3, -0.25) is 9.71 Å². The molecule has 3 aromatic carbocycles. The van der Waals surface area contributed by atoms with E-state index in [1.54, 1.807) is 12.1 Å². The number of nitrogens with one attached hydrogen (secondary N) is 2. The van der Waals surface area contributed by atoms with Crippen LogP contribution < -0.4 is 10.5 Å². The van der Waals surface area contributed by atoms with Crippen molar-refractivity contribution in [2.24, 2.45) is 0 Å². The van der Waals surface area contributed by atoms with Crippen LogP contribution in [0.15, 0.2) is 68.7 Å². The summed E-state index contributed by atoms with van der Waals surface area (Å²) in [6.45, 7) is 0. The molecule has 0 radical (unpaired) electrons. The minimum absolute atomic E-state index is 0.0164. The van der Waals surface area contributed by atoms with Crippen molar-refractivity contribution in [1.29, 1.82) is 0 Å². The number of anilines is 1. The predicted octanol–water partition coefficient (Wildman–Crippen LogP) is 3.73. The molecule has 4 aromatic rings. The number of oxazole rings is 1. The number of halogens is 1. The zero-order valence-corrected chi connectivity index (χ0v) is 14.2. The van der Waals surface area contributed by atoms with E-state index in [0.29, 0.717) is 11.2 Å². The number of hydrogen-bond acceptors (Lipinski definition) is 4. The molecule has 0 aliphatic rings. The second kappa shape index (κ2) is 5.65. The molecule has 0 aliphatic heterocycles. The van der Waals surface area contributed by atoms with Crippen LogP contribution in [0.1, 0.15) is 0 Å². The molecule has 25 heavy (non-hydrogen) atoms. The molecule has 0 fully saturated rings.